The molecule has 126 valence electrons. The smallest absolute Gasteiger partial charge is 0.261 e. The second-order valence-corrected chi connectivity index (χ2v) is 6.19. The lowest BCUT2D eigenvalue weighted by Gasteiger charge is -2.19. The summed E-state index contributed by atoms with van der Waals surface area (Å²) < 4.78 is 13.3. The number of carbonyl (C=O) groups is 1. The van der Waals surface area contributed by atoms with E-state index >= 15 is 0 Å². The molecule has 0 spiro atoms. The fourth-order valence-electron chi connectivity index (χ4n) is 3.15. The number of pyridine rings is 1. The predicted octanol–water partition coefficient (Wildman–Crippen LogP) is 1.66. The quantitative estimate of drug-likeness (QED) is 0.857. The van der Waals surface area contributed by atoms with Gasteiger partial charge in [-0.3, -0.25) is 4.79 Å². The Labute approximate surface area is 140 Å². The normalized spacial score (nSPS) is 19.7. The van der Waals surface area contributed by atoms with Crippen molar-refractivity contribution < 1.29 is 14.3 Å². The molecule has 2 aromatic heterocycles. The Morgan fingerprint density at radius 1 is 1.38 bits per heavy atom. The molecule has 0 unspecified atom stereocenters. The van der Waals surface area contributed by atoms with Crippen LogP contribution in [0.25, 0.3) is 0 Å². The summed E-state index contributed by atoms with van der Waals surface area (Å²) in [5.74, 6) is 1.16. The maximum Gasteiger partial charge on any atom is 0.261 e. The van der Waals surface area contributed by atoms with Gasteiger partial charge in [-0.25, -0.2) is 9.67 Å². The van der Waals surface area contributed by atoms with E-state index in [1.807, 2.05) is 25.1 Å². The van der Waals surface area contributed by atoms with Crippen molar-refractivity contribution >= 4 is 5.91 Å². The van der Waals surface area contributed by atoms with Gasteiger partial charge >= 0.3 is 0 Å². The average molecular weight is 328 g/mol. The molecular formula is C17H20N4O3. The van der Waals surface area contributed by atoms with Gasteiger partial charge in [0.15, 0.2) is 0 Å². The highest BCUT2D eigenvalue weighted by molar-refractivity contribution is 5.96. The summed E-state index contributed by atoms with van der Waals surface area (Å²) >= 11 is 0. The van der Waals surface area contributed by atoms with Gasteiger partial charge in [0, 0.05) is 37.7 Å². The van der Waals surface area contributed by atoms with Crippen molar-refractivity contribution in [1.29, 1.82) is 0 Å². The lowest BCUT2D eigenvalue weighted by Crippen LogP contribution is -2.31. The zero-order valence-electron chi connectivity index (χ0n) is 13.6. The predicted molar refractivity (Wildman–Crippen MR) is 86.2 cm³/mol. The van der Waals surface area contributed by atoms with Crippen LogP contribution in [0.1, 0.15) is 28.9 Å². The molecule has 4 rings (SSSR count). The Morgan fingerprint density at radius 2 is 2.29 bits per heavy atom. The lowest BCUT2D eigenvalue weighted by atomic mass is 10.3. The molecule has 7 nitrogen and oxygen atoms in total. The highest BCUT2D eigenvalue weighted by atomic mass is 16.5. The summed E-state index contributed by atoms with van der Waals surface area (Å²) in [6.45, 7) is 4.59. The summed E-state index contributed by atoms with van der Waals surface area (Å²) in [5.41, 5.74) is 1.46. The Bertz CT molecular complexity index is 758. The van der Waals surface area contributed by atoms with Crippen molar-refractivity contribution in [2.75, 3.05) is 19.7 Å². The number of aromatic nitrogens is 3. The summed E-state index contributed by atoms with van der Waals surface area (Å²) in [6, 6.07) is 5.70. The number of ether oxygens (including phenoxy) is 2. The van der Waals surface area contributed by atoms with Crippen molar-refractivity contribution in [3.63, 3.8) is 0 Å². The largest absolute Gasteiger partial charge is 0.477 e. The van der Waals surface area contributed by atoms with Crippen LogP contribution in [0.5, 0.6) is 11.8 Å². The number of likely N-dealkylation sites (tertiary alicyclic amines) is 1. The highest BCUT2D eigenvalue weighted by Gasteiger charge is 2.32. The first kappa shape index (κ1) is 15.0. The summed E-state index contributed by atoms with van der Waals surface area (Å²) in [7, 11) is 0. The van der Waals surface area contributed by atoms with E-state index in [0.717, 1.165) is 25.1 Å². The van der Waals surface area contributed by atoms with E-state index in [9.17, 15) is 4.79 Å². The van der Waals surface area contributed by atoms with E-state index in [0.29, 0.717) is 37.0 Å². The minimum absolute atomic E-state index is 0.0319. The molecule has 0 aliphatic carbocycles. The number of amides is 1. The summed E-state index contributed by atoms with van der Waals surface area (Å²) in [4.78, 5) is 18.9. The van der Waals surface area contributed by atoms with Crippen molar-refractivity contribution in [2.24, 2.45) is 0 Å². The second kappa shape index (κ2) is 6.14. The monoisotopic (exact) mass is 328 g/mol. The molecule has 0 bridgehead atoms. The molecule has 4 heterocycles. The maximum absolute atomic E-state index is 12.8. The molecular weight excluding hydrogens is 308 g/mol. The topological polar surface area (TPSA) is 69.5 Å². The molecule has 0 N–H and O–H groups in total. The first-order chi connectivity index (χ1) is 11.7. The van der Waals surface area contributed by atoms with Crippen LogP contribution in [0.2, 0.25) is 0 Å². The third kappa shape index (κ3) is 2.81. The lowest BCUT2D eigenvalue weighted by molar-refractivity contribution is 0.0764. The Kier molecular flexibility index (Phi) is 3.84. The maximum atomic E-state index is 12.8. The zero-order valence-corrected chi connectivity index (χ0v) is 13.6. The van der Waals surface area contributed by atoms with Crippen molar-refractivity contribution in [3.05, 3.63) is 35.7 Å². The van der Waals surface area contributed by atoms with Gasteiger partial charge in [0.2, 0.25) is 11.8 Å². The third-order valence-electron chi connectivity index (χ3n) is 4.36. The number of hydrogen-bond donors (Lipinski definition) is 0. The van der Waals surface area contributed by atoms with Gasteiger partial charge in [-0.05, 0) is 13.0 Å². The van der Waals surface area contributed by atoms with E-state index in [2.05, 4.69) is 10.1 Å². The molecule has 1 fully saturated rings. The van der Waals surface area contributed by atoms with Crippen LogP contribution in [0, 0.1) is 6.92 Å². The van der Waals surface area contributed by atoms with Gasteiger partial charge in [-0.15, -0.1) is 0 Å². The van der Waals surface area contributed by atoms with E-state index in [1.165, 1.54) is 0 Å². The first-order valence-electron chi connectivity index (χ1n) is 8.29. The van der Waals surface area contributed by atoms with Gasteiger partial charge in [-0.2, -0.15) is 5.10 Å². The molecule has 24 heavy (non-hydrogen) atoms. The molecule has 1 saturated heterocycles. The van der Waals surface area contributed by atoms with Crippen LogP contribution in [-0.2, 0) is 6.54 Å². The second-order valence-electron chi connectivity index (χ2n) is 6.19. The molecule has 0 radical (unpaired) electrons. The Balaban J connectivity index is 1.43. The van der Waals surface area contributed by atoms with Crippen LogP contribution in [0.3, 0.4) is 0 Å². The van der Waals surface area contributed by atoms with Gasteiger partial charge in [0.25, 0.3) is 5.91 Å². The highest BCUT2D eigenvalue weighted by Crippen LogP contribution is 2.26. The number of hydrogen-bond acceptors (Lipinski definition) is 5. The van der Waals surface area contributed by atoms with E-state index in [4.69, 9.17) is 9.47 Å². The number of aryl methyl sites for hydroxylation is 2. The van der Waals surface area contributed by atoms with Gasteiger partial charge in [0.05, 0.1) is 19.3 Å². The minimum Gasteiger partial charge on any atom is -0.477 e. The number of rotatable bonds is 3. The molecule has 2 aromatic rings. The van der Waals surface area contributed by atoms with E-state index in [-0.39, 0.29) is 12.0 Å². The Morgan fingerprint density at radius 3 is 3.17 bits per heavy atom. The zero-order chi connectivity index (χ0) is 16.5. The SMILES string of the molecule is Cc1cccc(O[C@@H]2CCN(C(=O)c3cnn4c3OCCC4)C2)n1. The van der Waals surface area contributed by atoms with Crippen LogP contribution < -0.4 is 9.47 Å². The molecule has 1 amide bonds. The number of carbonyl (C=O) groups excluding carboxylic acids is 1. The number of fused-ring (bicyclic) bond motifs is 1. The van der Waals surface area contributed by atoms with Gasteiger partial charge in [0.1, 0.15) is 11.7 Å². The van der Waals surface area contributed by atoms with Crippen molar-refractivity contribution in [3.8, 4) is 11.8 Å². The third-order valence-corrected chi connectivity index (χ3v) is 4.36. The molecule has 1 atom stereocenters. The van der Waals surface area contributed by atoms with Gasteiger partial charge in [-0.1, -0.05) is 6.07 Å². The van der Waals surface area contributed by atoms with E-state index < -0.39 is 0 Å². The molecule has 0 aromatic carbocycles. The van der Waals surface area contributed by atoms with Crippen LogP contribution in [0.4, 0.5) is 0 Å². The van der Waals surface area contributed by atoms with Crippen molar-refractivity contribution in [1.82, 2.24) is 19.7 Å². The first-order valence-corrected chi connectivity index (χ1v) is 8.29. The molecule has 0 saturated carbocycles. The fraction of sp³-hybridized carbons (Fsp3) is 0.471. The average Bonchev–Trinajstić information content (AvgIpc) is 3.21. The van der Waals surface area contributed by atoms with Crippen LogP contribution in [-0.4, -0.2) is 51.4 Å². The summed E-state index contributed by atoms with van der Waals surface area (Å²) in [5, 5.41) is 4.25. The fourth-order valence-corrected chi connectivity index (χ4v) is 3.15. The standard InChI is InChI=1S/C17H20N4O3/c1-12-4-2-5-15(19-12)24-13-6-8-20(11-13)16(22)14-10-18-21-7-3-9-23-17(14)21/h2,4-5,10,13H,3,6-9,11H2,1H3/t13-/m1/s1. The van der Waals surface area contributed by atoms with Crippen molar-refractivity contribution in [2.45, 2.75) is 32.4 Å². The van der Waals surface area contributed by atoms with Crippen LogP contribution >= 0.6 is 0 Å². The van der Waals surface area contributed by atoms with Gasteiger partial charge < -0.3 is 14.4 Å². The molecule has 7 heteroatoms. The molecule has 2 aliphatic rings. The Hall–Kier alpha value is -2.57. The van der Waals surface area contributed by atoms with E-state index in [1.54, 1.807) is 15.8 Å². The number of nitrogens with zero attached hydrogens (tertiary/aromatic N) is 4. The molecule has 2 aliphatic heterocycles. The van der Waals surface area contributed by atoms with Crippen LogP contribution in [0.15, 0.2) is 24.4 Å². The minimum atomic E-state index is -0.0403. The summed E-state index contributed by atoms with van der Waals surface area (Å²) in [6.07, 6.45) is 3.30.